The summed E-state index contributed by atoms with van der Waals surface area (Å²) in [6, 6.07) is 11.6. The molecule has 0 saturated heterocycles. The van der Waals surface area contributed by atoms with Gasteiger partial charge in [-0.05, 0) is 66.8 Å². The van der Waals surface area contributed by atoms with Crippen LogP contribution in [0.3, 0.4) is 0 Å². The van der Waals surface area contributed by atoms with Crippen molar-refractivity contribution in [3.63, 3.8) is 0 Å². The van der Waals surface area contributed by atoms with Crippen LogP contribution in [0.4, 0.5) is 8.78 Å². The van der Waals surface area contributed by atoms with E-state index in [4.69, 9.17) is 0 Å². The lowest BCUT2D eigenvalue weighted by Crippen LogP contribution is -2.53. The number of nitrogens with one attached hydrogen (secondary N) is 2. The smallest absolute Gasteiger partial charge is 0.217 e. The summed E-state index contributed by atoms with van der Waals surface area (Å²) in [6.07, 6.45) is 9.75. The highest BCUT2D eigenvalue weighted by Crippen LogP contribution is 2.40. The molecule has 6 heteroatoms. The summed E-state index contributed by atoms with van der Waals surface area (Å²) < 4.78 is 27.4. The predicted octanol–water partition coefficient (Wildman–Crippen LogP) is 5.48. The number of amides is 1. The van der Waals surface area contributed by atoms with E-state index in [1.54, 1.807) is 0 Å². The van der Waals surface area contributed by atoms with Crippen LogP contribution in [-0.2, 0) is 16.8 Å². The SMILES string of the molecule is CC(=O)N[C@@H](Cc1cc(F)cc(F)c1)[C@@H](O)CNC1(c2cccc(C3CCCC3)c2)CCCCC1. The maximum atomic E-state index is 13.7. The fourth-order valence-corrected chi connectivity index (χ4v) is 6.04. The Morgan fingerprint density at radius 1 is 1.03 bits per heavy atom. The van der Waals surface area contributed by atoms with Crippen LogP contribution in [0.1, 0.15) is 87.3 Å². The van der Waals surface area contributed by atoms with Crippen LogP contribution in [0, 0.1) is 11.6 Å². The van der Waals surface area contributed by atoms with E-state index in [9.17, 15) is 18.7 Å². The zero-order chi connectivity index (χ0) is 24.8. The van der Waals surface area contributed by atoms with E-state index in [0.29, 0.717) is 11.5 Å². The highest BCUT2D eigenvalue weighted by atomic mass is 19.1. The Morgan fingerprint density at radius 2 is 1.71 bits per heavy atom. The normalized spacial score (nSPS) is 19.9. The third kappa shape index (κ3) is 6.68. The Kier molecular flexibility index (Phi) is 8.55. The number of benzene rings is 2. The van der Waals surface area contributed by atoms with Gasteiger partial charge in [-0.1, -0.05) is 56.4 Å². The van der Waals surface area contributed by atoms with Crippen molar-refractivity contribution < 1.29 is 18.7 Å². The van der Waals surface area contributed by atoms with Gasteiger partial charge in [0.1, 0.15) is 11.6 Å². The standard InChI is InChI=1S/C29H38F2N2O2/c1-20(34)33-27(16-21-14-25(30)18-26(31)15-21)28(35)19-32-29(12-5-2-6-13-29)24-11-7-10-23(17-24)22-8-3-4-9-22/h7,10-11,14-15,17-18,22,27-28,32,35H,2-6,8-9,12-13,16,19H2,1H3,(H,33,34)/t27-,28-/m0/s1. The molecule has 0 heterocycles. The van der Waals surface area contributed by atoms with Gasteiger partial charge in [0.15, 0.2) is 0 Å². The van der Waals surface area contributed by atoms with Crippen LogP contribution < -0.4 is 10.6 Å². The van der Waals surface area contributed by atoms with E-state index in [2.05, 4.69) is 34.9 Å². The Morgan fingerprint density at radius 3 is 2.37 bits per heavy atom. The quantitative estimate of drug-likeness (QED) is 0.442. The lowest BCUT2D eigenvalue weighted by molar-refractivity contribution is -0.120. The van der Waals surface area contributed by atoms with E-state index >= 15 is 0 Å². The molecule has 2 aliphatic rings. The molecule has 0 unspecified atom stereocenters. The lowest BCUT2D eigenvalue weighted by Gasteiger charge is -2.40. The van der Waals surface area contributed by atoms with Gasteiger partial charge in [-0.25, -0.2) is 8.78 Å². The number of aliphatic hydroxyl groups excluding tert-OH is 1. The second kappa shape index (κ2) is 11.6. The molecule has 2 atom stereocenters. The molecular formula is C29H38F2N2O2. The van der Waals surface area contributed by atoms with Crippen molar-refractivity contribution in [1.82, 2.24) is 10.6 Å². The van der Waals surface area contributed by atoms with Crippen molar-refractivity contribution in [1.29, 1.82) is 0 Å². The van der Waals surface area contributed by atoms with Crippen molar-refractivity contribution in [2.45, 2.75) is 94.7 Å². The molecule has 0 aromatic heterocycles. The highest BCUT2D eigenvalue weighted by molar-refractivity contribution is 5.73. The Hall–Kier alpha value is -2.31. The summed E-state index contributed by atoms with van der Waals surface area (Å²) in [5.74, 6) is -0.991. The molecule has 35 heavy (non-hydrogen) atoms. The van der Waals surface area contributed by atoms with Crippen molar-refractivity contribution in [3.05, 3.63) is 70.8 Å². The molecule has 0 bridgehead atoms. The maximum absolute atomic E-state index is 13.7. The van der Waals surface area contributed by atoms with Crippen LogP contribution in [0.2, 0.25) is 0 Å². The van der Waals surface area contributed by atoms with Crippen molar-refractivity contribution in [2.24, 2.45) is 0 Å². The molecule has 4 nitrogen and oxygen atoms in total. The second-order valence-electron chi connectivity index (χ2n) is 10.5. The molecule has 4 rings (SSSR count). The second-order valence-corrected chi connectivity index (χ2v) is 10.5. The Bertz CT molecular complexity index is 980. The summed E-state index contributed by atoms with van der Waals surface area (Å²) in [4.78, 5) is 11.8. The van der Waals surface area contributed by atoms with Crippen molar-refractivity contribution >= 4 is 5.91 Å². The summed E-state index contributed by atoms with van der Waals surface area (Å²) in [5, 5.41) is 17.6. The number of halogens is 2. The van der Waals surface area contributed by atoms with Crippen LogP contribution in [-0.4, -0.2) is 29.7 Å². The van der Waals surface area contributed by atoms with E-state index in [1.165, 1.54) is 62.3 Å². The molecule has 2 aliphatic carbocycles. The summed E-state index contributed by atoms with van der Waals surface area (Å²) in [7, 11) is 0. The third-order valence-corrected chi connectivity index (χ3v) is 7.85. The number of carbonyl (C=O) groups is 1. The average Bonchev–Trinajstić information content (AvgIpc) is 3.37. The maximum Gasteiger partial charge on any atom is 0.217 e. The highest BCUT2D eigenvalue weighted by Gasteiger charge is 2.35. The molecule has 0 radical (unpaired) electrons. The first-order valence-electron chi connectivity index (χ1n) is 13.1. The van der Waals surface area contributed by atoms with Crippen molar-refractivity contribution in [2.75, 3.05) is 6.54 Å². The monoisotopic (exact) mass is 484 g/mol. The van der Waals surface area contributed by atoms with Crippen LogP contribution in [0.25, 0.3) is 0 Å². The van der Waals surface area contributed by atoms with Gasteiger partial charge in [-0.2, -0.15) is 0 Å². The molecule has 190 valence electrons. The van der Waals surface area contributed by atoms with Gasteiger partial charge in [0.2, 0.25) is 5.91 Å². The Labute approximate surface area is 207 Å². The molecule has 2 fully saturated rings. The Balaban J connectivity index is 1.51. The van der Waals surface area contributed by atoms with Crippen LogP contribution in [0.5, 0.6) is 0 Å². The number of hydrogen-bond donors (Lipinski definition) is 3. The topological polar surface area (TPSA) is 61.4 Å². The number of aliphatic hydroxyl groups is 1. The molecule has 2 saturated carbocycles. The van der Waals surface area contributed by atoms with Gasteiger partial charge in [-0.3, -0.25) is 4.79 Å². The van der Waals surface area contributed by atoms with Gasteiger partial charge in [0.05, 0.1) is 12.1 Å². The van der Waals surface area contributed by atoms with E-state index < -0.39 is 23.8 Å². The number of hydrogen-bond acceptors (Lipinski definition) is 3. The lowest BCUT2D eigenvalue weighted by atomic mass is 9.75. The van der Waals surface area contributed by atoms with Crippen molar-refractivity contribution in [3.8, 4) is 0 Å². The van der Waals surface area contributed by atoms with Gasteiger partial charge < -0.3 is 15.7 Å². The van der Waals surface area contributed by atoms with E-state index in [-0.39, 0.29) is 24.4 Å². The minimum atomic E-state index is -0.915. The van der Waals surface area contributed by atoms with Gasteiger partial charge in [-0.15, -0.1) is 0 Å². The minimum Gasteiger partial charge on any atom is -0.390 e. The fourth-order valence-electron chi connectivity index (χ4n) is 6.04. The average molecular weight is 485 g/mol. The third-order valence-electron chi connectivity index (χ3n) is 7.85. The summed E-state index contributed by atoms with van der Waals surface area (Å²) in [6.45, 7) is 1.66. The molecule has 0 spiro atoms. The van der Waals surface area contributed by atoms with Crippen LogP contribution >= 0.6 is 0 Å². The largest absolute Gasteiger partial charge is 0.390 e. The van der Waals surface area contributed by atoms with E-state index in [0.717, 1.165) is 31.7 Å². The zero-order valence-electron chi connectivity index (χ0n) is 20.7. The van der Waals surface area contributed by atoms with Gasteiger partial charge in [0, 0.05) is 25.1 Å². The molecule has 0 aliphatic heterocycles. The molecule has 3 N–H and O–H groups in total. The first kappa shape index (κ1) is 25.8. The van der Waals surface area contributed by atoms with Crippen LogP contribution in [0.15, 0.2) is 42.5 Å². The fraction of sp³-hybridized carbons (Fsp3) is 0.552. The zero-order valence-corrected chi connectivity index (χ0v) is 20.7. The minimum absolute atomic E-state index is 0.140. The summed E-state index contributed by atoms with van der Waals surface area (Å²) >= 11 is 0. The first-order valence-corrected chi connectivity index (χ1v) is 13.1. The van der Waals surface area contributed by atoms with Gasteiger partial charge >= 0.3 is 0 Å². The molecule has 2 aromatic carbocycles. The number of rotatable bonds is 9. The number of carbonyl (C=O) groups excluding carboxylic acids is 1. The predicted molar refractivity (Wildman–Crippen MR) is 134 cm³/mol. The molecule has 2 aromatic rings. The molecular weight excluding hydrogens is 446 g/mol. The summed E-state index contributed by atoms with van der Waals surface area (Å²) in [5.41, 5.74) is 2.87. The molecule has 1 amide bonds. The van der Waals surface area contributed by atoms with Gasteiger partial charge in [0.25, 0.3) is 0 Å². The first-order chi connectivity index (χ1) is 16.8. The van der Waals surface area contributed by atoms with E-state index in [1.807, 2.05) is 0 Å².